The summed E-state index contributed by atoms with van der Waals surface area (Å²) >= 11 is 16.4. The number of hydrogen-bond donors (Lipinski definition) is 0. The highest BCUT2D eigenvalue weighted by atomic mass is 35.6. The number of amides is 1. The van der Waals surface area contributed by atoms with E-state index in [2.05, 4.69) is 0 Å². The van der Waals surface area contributed by atoms with Crippen LogP contribution in [-0.4, -0.2) is 46.7 Å². The van der Waals surface area contributed by atoms with E-state index in [1.165, 1.54) is 0 Å². The third kappa shape index (κ3) is 3.28. The van der Waals surface area contributed by atoms with Gasteiger partial charge in [0.1, 0.15) is 12.7 Å². The monoisotopic (exact) mass is 273 g/mol. The van der Waals surface area contributed by atoms with Crippen LogP contribution >= 0.6 is 34.8 Å². The van der Waals surface area contributed by atoms with E-state index in [-0.39, 0.29) is 12.7 Å². The largest absolute Gasteiger partial charge is 0.445 e. The van der Waals surface area contributed by atoms with Crippen molar-refractivity contribution in [2.24, 2.45) is 0 Å². The summed E-state index contributed by atoms with van der Waals surface area (Å²) in [4.78, 5) is 13.1. The Bertz CT molecular complexity index is 268. The number of rotatable bonds is 1. The van der Waals surface area contributed by atoms with Crippen LogP contribution in [0, 0.1) is 0 Å². The topological polar surface area (TPSA) is 42.1 Å². The molecular weight excluding hydrogens is 264 g/mol. The lowest BCUT2D eigenvalue weighted by Gasteiger charge is -2.24. The van der Waals surface area contributed by atoms with Crippen molar-refractivity contribution >= 4 is 40.9 Å². The van der Waals surface area contributed by atoms with Crippen LogP contribution in [0.5, 0.6) is 0 Å². The molecule has 2 unspecified atom stereocenters. The maximum Gasteiger partial charge on any atom is 0.409 e. The zero-order valence-corrected chi connectivity index (χ0v) is 10.1. The van der Waals surface area contributed by atoms with Gasteiger partial charge in [-0.1, -0.05) is 34.8 Å². The number of alkyl halides is 3. The van der Waals surface area contributed by atoms with Gasteiger partial charge in [0.25, 0.3) is 0 Å². The van der Waals surface area contributed by atoms with E-state index in [0.29, 0.717) is 19.2 Å². The average Bonchev–Trinajstić information content (AvgIpc) is 2.90. The van der Waals surface area contributed by atoms with Gasteiger partial charge in [0, 0.05) is 6.54 Å². The first-order valence-electron chi connectivity index (χ1n) is 4.59. The highest BCUT2D eigenvalue weighted by Crippen LogP contribution is 2.31. The Morgan fingerprint density at radius 1 is 1.47 bits per heavy atom. The Morgan fingerprint density at radius 3 is 2.80 bits per heavy atom. The molecule has 2 fully saturated rings. The molecule has 0 aromatic heterocycles. The van der Waals surface area contributed by atoms with Gasteiger partial charge in [0.2, 0.25) is 3.79 Å². The molecule has 0 spiro atoms. The second-order valence-electron chi connectivity index (χ2n) is 3.62. The number of epoxide rings is 1. The molecule has 2 rings (SSSR count). The summed E-state index contributed by atoms with van der Waals surface area (Å²) < 4.78 is 8.57. The molecule has 0 N–H and O–H groups in total. The van der Waals surface area contributed by atoms with Crippen molar-refractivity contribution in [1.82, 2.24) is 4.90 Å². The maximum atomic E-state index is 11.5. The highest BCUT2D eigenvalue weighted by molar-refractivity contribution is 6.67. The predicted molar refractivity (Wildman–Crippen MR) is 56.5 cm³/mol. The second kappa shape index (κ2) is 4.17. The van der Waals surface area contributed by atoms with Crippen LogP contribution in [0.1, 0.15) is 6.42 Å². The molecule has 2 aliphatic rings. The van der Waals surface area contributed by atoms with Crippen LogP contribution in [-0.2, 0) is 9.47 Å². The van der Waals surface area contributed by atoms with Crippen molar-refractivity contribution in [2.75, 3.05) is 19.7 Å². The molecule has 0 aromatic rings. The number of fused-ring (bicyclic) bond motifs is 1. The van der Waals surface area contributed by atoms with Crippen molar-refractivity contribution in [2.45, 2.75) is 22.4 Å². The number of carbonyl (C=O) groups is 1. The first-order chi connectivity index (χ1) is 6.96. The molecule has 0 saturated carbocycles. The summed E-state index contributed by atoms with van der Waals surface area (Å²) in [7, 11) is 0. The summed E-state index contributed by atoms with van der Waals surface area (Å²) in [5.41, 5.74) is 0. The van der Waals surface area contributed by atoms with E-state index in [1.54, 1.807) is 4.90 Å². The van der Waals surface area contributed by atoms with Gasteiger partial charge in [-0.05, 0) is 6.42 Å². The van der Waals surface area contributed by atoms with Gasteiger partial charge in [0.05, 0.1) is 12.6 Å². The van der Waals surface area contributed by atoms with Crippen LogP contribution in [0.2, 0.25) is 0 Å². The van der Waals surface area contributed by atoms with Gasteiger partial charge >= 0.3 is 6.09 Å². The summed E-state index contributed by atoms with van der Waals surface area (Å²) in [5.74, 6) is 0. The van der Waals surface area contributed by atoms with E-state index in [0.717, 1.165) is 6.42 Å². The van der Waals surface area contributed by atoms with Crippen molar-refractivity contribution in [3.63, 3.8) is 0 Å². The van der Waals surface area contributed by atoms with Crippen molar-refractivity contribution in [3.8, 4) is 0 Å². The molecule has 2 saturated heterocycles. The van der Waals surface area contributed by atoms with E-state index in [9.17, 15) is 4.79 Å². The Labute approximate surface area is 102 Å². The summed E-state index contributed by atoms with van der Waals surface area (Å²) in [6, 6.07) is 0. The minimum Gasteiger partial charge on any atom is -0.445 e. The molecule has 86 valence electrons. The fourth-order valence-electron chi connectivity index (χ4n) is 1.59. The molecule has 4 nitrogen and oxygen atoms in total. The van der Waals surface area contributed by atoms with Crippen LogP contribution in [0.3, 0.4) is 0 Å². The Kier molecular flexibility index (Phi) is 3.22. The number of likely N-dealkylation sites (tertiary alicyclic amines) is 1. The molecule has 1 amide bonds. The average molecular weight is 275 g/mol. The van der Waals surface area contributed by atoms with Crippen LogP contribution in [0.25, 0.3) is 0 Å². The number of hydrogen-bond acceptors (Lipinski definition) is 3. The number of piperidine rings is 1. The Morgan fingerprint density at radius 2 is 2.20 bits per heavy atom. The minimum atomic E-state index is -1.55. The molecule has 2 aliphatic heterocycles. The van der Waals surface area contributed by atoms with Gasteiger partial charge in [-0.2, -0.15) is 0 Å². The molecule has 15 heavy (non-hydrogen) atoms. The molecule has 0 aliphatic carbocycles. The lowest BCUT2D eigenvalue weighted by Crippen LogP contribution is -2.40. The Balaban J connectivity index is 1.75. The SMILES string of the molecule is O=C(OCC(Cl)(Cl)Cl)N1CCC2OC2C1. The van der Waals surface area contributed by atoms with E-state index in [1.807, 2.05) is 0 Å². The fourth-order valence-corrected chi connectivity index (χ4v) is 1.75. The number of ether oxygens (including phenoxy) is 2. The van der Waals surface area contributed by atoms with E-state index >= 15 is 0 Å². The molecule has 7 heteroatoms. The summed E-state index contributed by atoms with van der Waals surface area (Å²) in [5, 5.41) is 0. The first kappa shape index (κ1) is 11.6. The number of nitrogens with zero attached hydrogens (tertiary/aromatic N) is 1. The zero-order chi connectivity index (χ0) is 11.1. The molecule has 0 bridgehead atoms. The van der Waals surface area contributed by atoms with Crippen LogP contribution in [0.4, 0.5) is 4.79 Å². The maximum absolute atomic E-state index is 11.5. The second-order valence-corrected chi connectivity index (χ2v) is 6.13. The minimum absolute atomic E-state index is 0.180. The molecule has 0 aromatic carbocycles. The Hall–Kier alpha value is 0.1000. The van der Waals surface area contributed by atoms with Crippen molar-refractivity contribution < 1.29 is 14.3 Å². The van der Waals surface area contributed by atoms with Gasteiger partial charge in [-0.3, -0.25) is 0 Å². The van der Waals surface area contributed by atoms with Crippen molar-refractivity contribution in [3.05, 3.63) is 0 Å². The predicted octanol–water partition coefficient (Wildman–Crippen LogP) is 1.97. The molecule has 2 heterocycles. The summed E-state index contributed by atoms with van der Waals surface area (Å²) in [6.07, 6.45) is 0.921. The normalized spacial score (nSPS) is 29.7. The molecule has 0 radical (unpaired) electrons. The van der Waals surface area contributed by atoms with Crippen LogP contribution in [0.15, 0.2) is 0 Å². The summed E-state index contributed by atoms with van der Waals surface area (Å²) in [6.45, 7) is 0.977. The lowest BCUT2D eigenvalue weighted by molar-refractivity contribution is 0.0996. The zero-order valence-electron chi connectivity index (χ0n) is 7.79. The number of halogens is 3. The number of carbonyl (C=O) groups excluding carboxylic acids is 1. The van der Waals surface area contributed by atoms with Gasteiger partial charge in [-0.15, -0.1) is 0 Å². The third-order valence-electron chi connectivity index (χ3n) is 2.39. The van der Waals surface area contributed by atoms with Gasteiger partial charge in [-0.25, -0.2) is 4.79 Å². The smallest absolute Gasteiger partial charge is 0.409 e. The van der Waals surface area contributed by atoms with E-state index in [4.69, 9.17) is 44.3 Å². The van der Waals surface area contributed by atoms with Crippen molar-refractivity contribution in [1.29, 1.82) is 0 Å². The first-order valence-corrected chi connectivity index (χ1v) is 5.73. The fraction of sp³-hybridized carbons (Fsp3) is 0.875. The standard InChI is InChI=1S/C8H10Cl3NO3/c9-8(10,11)4-14-7(13)12-2-1-5-6(3-12)15-5/h5-6H,1-4H2. The highest BCUT2D eigenvalue weighted by Gasteiger charge is 2.45. The van der Waals surface area contributed by atoms with Gasteiger partial charge < -0.3 is 14.4 Å². The quantitative estimate of drug-likeness (QED) is 0.542. The molecule has 2 atom stereocenters. The third-order valence-corrected chi connectivity index (χ3v) is 2.72. The molecular formula is C8H10Cl3NO3. The lowest BCUT2D eigenvalue weighted by atomic mass is 10.1. The van der Waals surface area contributed by atoms with E-state index < -0.39 is 9.89 Å². The van der Waals surface area contributed by atoms with Crippen LogP contribution < -0.4 is 0 Å². The van der Waals surface area contributed by atoms with Gasteiger partial charge in [0.15, 0.2) is 0 Å².